The normalized spacial score (nSPS) is 21.7. The molecule has 0 bridgehead atoms. The Bertz CT molecular complexity index is 498. The summed E-state index contributed by atoms with van der Waals surface area (Å²) in [6.07, 6.45) is 2.42. The Morgan fingerprint density at radius 3 is 2.67 bits per heavy atom. The molecule has 2 rings (SSSR count). The first kappa shape index (κ1) is 13.2. The number of aldehydes is 1. The minimum atomic E-state index is -3.30. The van der Waals surface area contributed by atoms with E-state index in [1.165, 1.54) is 4.31 Å². The van der Waals surface area contributed by atoms with E-state index in [1.54, 1.807) is 12.1 Å². The largest absolute Gasteiger partial charge is 0.303 e. The maximum absolute atomic E-state index is 12.2. The second kappa shape index (κ2) is 5.63. The van der Waals surface area contributed by atoms with Gasteiger partial charge in [0.1, 0.15) is 6.29 Å². The molecule has 0 saturated carbocycles. The minimum Gasteiger partial charge on any atom is -0.303 e. The fraction of sp³-hybridized carbons (Fsp3) is 0.462. The molecule has 1 aliphatic rings. The van der Waals surface area contributed by atoms with Crippen molar-refractivity contribution in [1.82, 2.24) is 4.31 Å². The van der Waals surface area contributed by atoms with Crippen molar-refractivity contribution in [3.8, 4) is 0 Å². The molecular weight excluding hydrogens is 250 g/mol. The number of carbonyl (C=O) groups excluding carboxylic acids is 1. The maximum atomic E-state index is 12.2. The van der Waals surface area contributed by atoms with Gasteiger partial charge in [-0.15, -0.1) is 0 Å². The highest BCUT2D eigenvalue weighted by Gasteiger charge is 2.28. The molecule has 1 unspecified atom stereocenters. The van der Waals surface area contributed by atoms with Crippen LogP contribution in [0.15, 0.2) is 30.3 Å². The molecule has 0 aliphatic carbocycles. The second-order valence-corrected chi connectivity index (χ2v) is 6.61. The summed E-state index contributed by atoms with van der Waals surface area (Å²) >= 11 is 0. The minimum absolute atomic E-state index is 0.0133. The van der Waals surface area contributed by atoms with E-state index in [0.717, 1.165) is 24.7 Å². The van der Waals surface area contributed by atoms with Crippen LogP contribution in [0.25, 0.3) is 0 Å². The van der Waals surface area contributed by atoms with E-state index in [9.17, 15) is 13.2 Å². The number of carbonyl (C=O) groups is 1. The fourth-order valence-corrected chi connectivity index (χ4v) is 3.84. The number of benzene rings is 1. The van der Waals surface area contributed by atoms with Crippen molar-refractivity contribution in [3.63, 3.8) is 0 Å². The molecule has 18 heavy (non-hydrogen) atoms. The first-order chi connectivity index (χ1) is 8.62. The molecule has 1 aliphatic heterocycles. The molecule has 0 aromatic heterocycles. The van der Waals surface area contributed by atoms with Crippen LogP contribution in [-0.2, 0) is 20.6 Å². The predicted octanol–water partition coefficient (Wildman–Crippen LogP) is 1.43. The smallest absolute Gasteiger partial charge is 0.218 e. The van der Waals surface area contributed by atoms with Crippen molar-refractivity contribution in [2.75, 3.05) is 13.1 Å². The number of sulfonamides is 1. The van der Waals surface area contributed by atoms with Gasteiger partial charge in [0.25, 0.3) is 0 Å². The summed E-state index contributed by atoms with van der Waals surface area (Å²) in [4.78, 5) is 10.8. The van der Waals surface area contributed by atoms with E-state index in [1.807, 2.05) is 18.2 Å². The second-order valence-electron chi connectivity index (χ2n) is 4.64. The van der Waals surface area contributed by atoms with Crippen LogP contribution in [0.5, 0.6) is 0 Å². The Kier molecular flexibility index (Phi) is 4.14. The Balaban J connectivity index is 2.09. The number of hydrogen-bond donors (Lipinski definition) is 0. The summed E-state index contributed by atoms with van der Waals surface area (Å²) in [5, 5.41) is 0. The van der Waals surface area contributed by atoms with E-state index >= 15 is 0 Å². The van der Waals surface area contributed by atoms with Gasteiger partial charge in [-0.25, -0.2) is 12.7 Å². The van der Waals surface area contributed by atoms with Crippen LogP contribution in [0.2, 0.25) is 0 Å². The molecule has 98 valence electrons. The van der Waals surface area contributed by atoms with Gasteiger partial charge in [0.15, 0.2) is 0 Å². The zero-order valence-electron chi connectivity index (χ0n) is 10.2. The highest BCUT2D eigenvalue weighted by Crippen LogP contribution is 2.20. The molecule has 0 spiro atoms. The number of rotatable bonds is 4. The monoisotopic (exact) mass is 267 g/mol. The van der Waals surface area contributed by atoms with Crippen LogP contribution < -0.4 is 0 Å². The molecule has 1 aromatic rings. The van der Waals surface area contributed by atoms with E-state index < -0.39 is 10.0 Å². The number of hydrogen-bond acceptors (Lipinski definition) is 3. The fourth-order valence-electron chi connectivity index (χ4n) is 2.21. The molecule has 4 nitrogen and oxygen atoms in total. The van der Waals surface area contributed by atoms with E-state index in [-0.39, 0.29) is 11.7 Å². The van der Waals surface area contributed by atoms with Gasteiger partial charge in [-0.3, -0.25) is 0 Å². The van der Waals surface area contributed by atoms with Crippen LogP contribution >= 0.6 is 0 Å². The van der Waals surface area contributed by atoms with Crippen molar-refractivity contribution in [3.05, 3.63) is 35.9 Å². The van der Waals surface area contributed by atoms with Gasteiger partial charge in [0.2, 0.25) is 10.0 Å². The van der Waals surface area contributed by atoms with Crippen LogP contribution in [0.3, 0.4) is 0 Å². The van der Waals surface area contributed by atoms with Gasteiger partial charge in [-0.05, 0) is 18.4 Å². The predicted molar refractivity (Wildman–Crippen MR) is 69.4 cm³/mol. The lowest BCUT2D eigenvalue weighted by Crippen LogP contribution is -2.40. The average molecular weight is 267 g/mol. The summed E-state index contributed by atoms with van der Waals surface area (Å²) in [7, 11) is -3.30. The standard InChI is InChI=1S/C13H17NO3S/c15-10-13-7-4-8-14(9-13)18(16,17)11-12-5-2-1-3-6-12/h1-3,5-6,10,13H,4,7-9,11H2. The highest BCUT2D eigenvalue weighted by atomic mass is 32.2. The van der Waals surface area contributed by atoms with Gasteiger partial charge >= 0.3 is 0 Å². The Morgan fingerprint density at radius 2 is 2.00 bits per heavy atom. The summed E-state index contributed by atoms with van der Waals surface area (Å²) in [6, 6.07) is 9.13. The molecule has 0 amide bonds. The Hall–Kier alpha value is -1.20. The van der Waals surface area contributed by atoms with Crippen LogP contribution in [0.4, 0.5) is 0 Å². The van der Waals surface area contributed by atoms with Gasteiger partial charge < -0.3 is 4.79 Å². The van der Waals surface area contributed by atoms with Crippen LogP contribution in [-0.4, -0.2) is 32.1 Å². The van der Waals surface area contributed by atoms with Crippen molar-refractivity contribution < 1.29 is 13.2 Å². The zero-order valence-corrected chi connectivity index (χ0v) is 11.0. The summed E-state index contributed by atoms with van der Waals surface area (Å²) in [6.45, 7) is 0.859. The molecule has 1 saturated heterocycles. The quantitative estimate of drug-likeness (QED) is 0.775. The third-order valence-corrected chi connectivity index (χ3v) is 5.01. The zero-order chi connectivity index (χ0) is 13.0. The van der Waals surface area contributed by atoms with Crippen molar-refractivity contribution in [1.29, 1.82) is 0 Å². The lowest BCUT2D eigenvalue weighted by molar-refractivity contribution is -0.112. The van der Waals surface area contributed by atoms with Crippen molar-refractivity contribution in [2.45, 2.75) is 18.6 Å². The average Bonchev–Trinajstić information content (AvgIpc) is 2.39. The van der Waals surface area contributed by atoms with Crippen molar-refractivity contribution >= 4 is 16.3 Å². The summed E-state index contributed by atoms with van der Waals surface area (Å²) in [5.41, 5.74) is 0.783. The lowest BCUT2D eigenvalue weighted by atomic mass is 10.0. The van der Waals surface area contributed by atoms with E-state index in [4.69, 9.17) is 0 Å². The summed E-state index contributed by atoms with van der Waals surface area (Å²) in [5.74, 6) is -0.135. The first-order valence-electron chi connectivity index (χ1n) is 6.09. The molecule has 1 atom stereocenters. The molecule has 5 heteroatoms. The molecule has 0 N–H and O–H groups in total. The van der Waals surface area contributed by atoms with E-state index in [2.05, 4.69) is 0 Å². The molecule has 1 aromatic carbocycles. The van der Waals surface area contributed by atoms with Crippen LogP contribution in [0.1, 0.15) is 18.4 Å². The molecular formula is C13H17NO3S. The van der Waals surface area contributed by atoms with Gasteiger partial charge in [0, 0.05) is 19.0 Å². The topological polar surface area (TPSA) is 54.5 Å². The van der Waals surface area contributed by atoms with E-state index in [0.29, 0.717) is 13.1 Å². The first-order valence-corrected chi connectivity index (χ1v) is 7.70. The van der Waals surface area contributed by atoms with Gasteiger partial charge in [0.05, 0.1) is 5.75 Å². The molecule has 1 heterocycles. The van der Waals surface area contributed by atoms with Crippen LogP contribution in [0, 0.1) is 5.92 Å². The molecule has 1 fully saturated rings. The highest BCUT2D eigenvalue weighted by molar-refractivity contribution is 7.88. The summed E-state index contributed by atoms with van der Waals surface area (Å²) < 4.78 is 25.9. The molecule has 0 radical (unpaired) electrons. The Morgan fingerprint density at radius 1 is 1.28 bits per heavy atom. The van der Waals surface area contributed by atoms with Gasteiger partial charge in [-0.1, -0.05) is 30.3 Å². The van der Waals surface area contributed by atoms with Crippen molar-refractivity contribution in [2.24, 2.45) is 5.92 Å². The third-order valence-electron chi connectivity index (χ3n) is 3.20. The lowest BCUT2D eigenvalue weighted by Gasteiger charge is -2.29. The third kappa shape index (κ3) is 3.17. The number of nitrogens with zero attached hydrogens (tertiary/aromatic N) is 1. The Labute approximate surface area is 108 Å². The maximum Gasteiger partial charge on any atom is 0.218 e. The van der Waals surface area contributed by atoms with Gasteiger partial charge in [-0.2, -0.15) is 0 Å². The number of piperidine rings is 1. The SMILES string of the molecule is O=CC1CCCN(S(=O)(=O)Cc2ccccc2)C1.